The second-order valence-corrected chi connectivity index (χ2v) is 7.54. The van der Waals surface area contributed by atoms with Crippen molar-refractivity contribution in [2.45, 2.75) is 24.9 Å². The molecule has 1 aliphatic rings. The third kappa shape index (κ3) is 4.75. The largest absolute Gasteiger partial charge is 0.435 e. The molecule has 0 radical (unpaired) electrons. The van der Waals surface area contributed by atoms with E-state index in [0.717, 1.165) is 4.68 Å². The molecule has 3 rings (SSSR count). The molecule has 0 aliphatic carbocycles. The number of benzene rings is 1. The number of rotatable bonds is 3. The Hall–Kier alpha value is -2.85. The van der Waals surface area contributed by atoms with Gasteiger partial charge in [0.25, 0.3) is 11.8 Å². The molecule has 164 valence electrons. The first-order chi connectivity index (χ1) is 14.5. The van der Waals surface area contributed by atoms with Crippen LogP contribution in [-0.4, -0.2) is 39.9 Å². The molecule has 0 fully saturated rings. The van der Waals surface area contributed by atoms with Crippen molar-refractivity contribution in [2.75, 3.05) is 12.4 Å². The van der Waals surface area contributed by atoms with Gasteiger partial charge < -0.3 is 10.6 Å². The summed E-state index contributed by atoms with van der Waals surface area (Å²) in [6.07, 6.45) is -1.48. The van der Waals surface area contributed by atoms with E-state index < -0.39 is 34.8 Å². The van der Waals surface area contributed by atoms with Crippen molar-refractivity contribution in [2.24, 2.45) is 4.99 Å². The van der Waals surface area contributed by atoms with Crippen LogP contribution in [0.4, 0.5) is 18.9 Å². The van der Waals surface area contributed by atoms with Crippen LogP contribution in [0, 0.1) is 6.92 Å². The number of anilines is 1. The van der Waals surface area contributed by atoms with Gasteiger partial charge >= 0.3 is 6.18 Å². The summed E-state index contributed by atoms with van der Waals surface area (Å²) >= 11 is 12.2. The molecule has 1 aromatic heterocycles. The number of aryl methyl sites for hydroxylation is 1. The van der Waals surface area contributed by atoms with E-state index in [0.29, 0.717) is 18.1 Å². The Morgan fingerprint density at radius 1 is 1.23 bits per heavy atom. The minimum Gasteiger partial charge on any atom is -0.355 e. The number of carbonyl (C=O) groups excluding carboxylic acids is 2. The first kappa shape index (κ1) is 22.8. The lowest BCUT2D eigenvalue weighted by molar-refractivity contribution is -0.141. The summed E-state index contributed by atoms with van der Waals surface area (Å²) in [7, 11) is 1.39. The van der Waals surface area contributed by atoms with Gasteiger partial charge in [0.15, 0.2) is 5.69 Å². The van der Waals surface area contributed by atoms with Crippen LogP contribution < -0.4 is 10.6 Å². The maximum Gasteiger partial charge on any atom is 0.435 e. The lowest BCUT2D eigenvalue weighted by Crippen LogP contribution is -2.30. The smallest absolute Gasteiger partial charge is 0.355 e. The van der Waals surface area contributed by atoms with Crippen LogP contribution in [0.2, 0.25) is 5.02 Å². The third-order valence-electron chi connectivity index (χ3n) is 4.40. The van der Waals surface area contributed by atoms with Crippen LogP contribution in [-0.2, 0) is 6.18 Å². The average molecular weight is 474 g/mol. The summed E-state index contributed by atoms with van der Waals surface area (Å²) in [5, 5.41) is 7.90. The molecular weight excluding hydrogens is 458 g/mol. The molecule has 0 spiro atoms. The van der Waals surface area contributed by atoms with E-state index in [-0.39, 0.29) is 22.1 Å². The van der Waals surface area contributed by atoms with Crippen LogP contribution in [0.15, 0.2) is 35.5 Å². The molecule has 1 atom stereocenters. The average Bonchev–Trinajstić information content (AvgIpc) is 3.15. The van der Waals surface area contributed by atoms with E-state index in [4.69, 9.17) is 23.2 Å². The second-order valence-electron chi connectivity index (χ2n) is 6.58. The van der Waals surface area contributed by atoms with Gasteiger partial charge in [-0.15, -0.1) is 11.6 Å². The molecular formula is C19H16Cl2F3N5O2. The summed E-state index contributed by atoms with van der Waals surface area (Å²) in [5.41, 5.74) is -1.13. The number of aromatic nitrogens is 2. The SMILES string of the molecule is CNC(=O)c1cc(Cl)cc(C)c1NC(=O)c1cc(C(F)(F)F)nn1C1=NC=CCC1Cl. The minimum absolute atomic E-state index is 0.0239. The Morgan fingerprint density at radius 3 is 2.55 bits per heavy atom. The number of hydrogen-bond acceptors (Lipinski definition) is 4. The molecule has 2 N–H and O–H groups in total. The lowest BCUT2D eigenvalue weighted by atomic mass is 10.1. The van der Waals surface area contributed by atoms with Gasteiger partial charge in [0, 0.05) is 24.3 Å². The molecule has 31 heavy (non-hydrogen) atoms. The van der Waals surface area contributed by atoms with Crippen molar-refractivity contribution in [3.63, 3.8) is 0 Å². The lowest BCUT2D eigenvalue weighted by Gasteiger charge is -2.17. The highest BCUT2D eigenvalue weighted by molar-refractivity contribution is 6.33. The number of carbonyl (C=O) groups is 2. The molecule has 1 unspecified atom stereocenters. The first-order valence-corrected chi connectivity index (χ1v) is 9.72. The molecule has 2 amide bonds. The van der Waals surface area contributed by atoms with Crippen LogP contribution in [0.5, 0.6) is 0 Å². The van der Waals surface area contributed by atoms with E-state index >= 15 is 0 Å². The number of alkyl halides is 4. The fourth-order valence-electron chi connectivity index (χ4n) is 2.94. The summed E-state index contributed by atoms with van der Waals surface area (Å²) < 4.78 is 40.7. The van der Waals surface area contributed by atoms with Crippen LogP contribution in [0.3, 0.4) is 0 Å². The predicted molar refractivity (Wildman–Crippen MR) is 111 cm³/mol. The summed E-state index contributed by atoms with van der Waals surface area (Å²) in [6.45, 7) is 1.59. The summed E-state index contributed by atoms with van der Waals surface area (Å²) in [4.78, 5) is 29.2. The standard InChI is InChI=1S/C19H16Cl2F3N5O2/c1-9-6-10(20)7-11(17(30)25-2)15(9)27-18(31)13-8-14(19(22,23)24)28-29(13)16-12(21)4-3-5-26-16/h3,5-8,12H,4H2,1-2H3,(H,25,30)(H,27,31). The van der Waals surface area contributed by atoms with Crippen molar-refractivity contribution < 1.29 is 22.8 Å². The number of nitrogens with zero attached hydrogens (tertiary/aromatic N) is 3. The molecule has 2 heterocycles. The van der Waals surface area contributed by atoms with Gasteiger partial charge in [0.2, 0.25) is 0 Å². The van der Waals surface area contributed by atoms with Gasteiger partial charge in [-0.25, -0.2) is 9.67 Å². The van der Waals surface area contributed by atoms with Crippen molar-refractivity contribution in [1.29, 1.82) is 0 Å². The van der Waals surface area contributed by atoms with Gasteiger partial charge in [-0.1, -0.05) is 17.7 Å². The Balaban J connectivity index is 2.09. The quantitative estimate of drug-likeness (QED) is 0.653. The van der Waals surface area contributed by atoms with Crippen molar-refractivity contribution in [1.82, 2.24) is 15.1 Å². The van der Waals surface area contributed by atoms with Crippen molar-refractivity contribution in [3.05, 3.63) is 58.0 Å². The number of nitrogens with one attached hydrogen (secondary N) is 2. The highest BCUT2D eigenvalue weighted by Crippen LogP contribution is 2.31. The molecule has 7 nitrogen and oxygen atoms in total. The Bertz CT molecular complexity index is 1110. The number of halogens is 5. The molecule has 0 saturated heterocycles. The van der Waals surface area contributed by atoms with E-state index in [2.05, 4.69) is 20.7 Å². The molecule has 1 aromatic carbocycles. The van der Waals surface area contributed by atoms with Crippen molar-refractivity contribution >= 4 is 46.5 Å². The summed E-state index contributed by atoms with van der Waals surface area (Å²) in [6, 6.07) is 3.45. The normalized spacial score (nSPS) is 16.1. The molecule has 0 bridgehead atoms. The molecule has 0 saturated carbocycles. The zero-order valence-electron chi connectivity index (χ0n) is 16.2. The van der Waals surface area contributed by atoms with Gasteiger partial charge in [-0.2, -0.15) is 18.3 Å². The fourth-order valence-corrected chi connectivity index (χ4v) is 3.46. The number of hydrogen-bond donors (Lipinski definition) is 2. The Morgan fingerprint density at radius 2 is 1.94 bits per heavy atom. The zero-order chi connectivity index (χ0) is 22.9. The van der Waals surface area contributed by atoms with Crippen molar-refractivity contribution in [3.8, 4) is 0 Å². The zero-order valence-corrected chi connectivity index (χ0v) is 17.7. The van der Waals surface area contributed by atoms with Gasteiger partial charge in [-0.3, -0.25) is 9.59 Å². The van der Waals surface area contributed by atoms with E-state index in [1.54, 1.807) is 13.0 Å². The van der Waals surface area contributed by atoms with Gasteiger partial charge in [-0.05, 0) is 31.0 Å². The molecule has 2 aromatic rings. The predicted octanol–water partition coefficient (Wildman–Crippen LogP) is 4.25. The van der Waals surface area contributed by atoms with E-state index in [9.17, 15) is 22.8 Å². The highest BCUT2D eigenvalue weighted by Gasteiger charge is 2.37. The van der Waals surface area contributed by atoms with E-state index in [1.807, 2.05) is 0 Å². The Kier molecular flexibility index (Phi) is 6.42. The first-order valence-electron chi connectivity index (χ1n) is 8.91. The van der Waals surface area contributed by atoms with Crippen LogP contribution in [0.1, 0.15) is 38.5 Å². The fraction of sp³-hybridized carbons (Fsp3) is 0.263. The molecule has 1 aliphatic heterocycles. The highest BCUT2D eigenvalue weighted by atomic mass is 35.5. The maximum atomic E-state index is 13.3. The monoisotopic (exact) mass is 473 g/mol. The van der Waals surface area contributed by atoms with Crippen LogP contribution >= 0.6 is 23.2 Å². The Labute approximate surface area is 184 Å². The van der Waals surface area contributed by atoms with Crippen LogP contribution in [0.25, 0.3) is 0 Å². The summed E-state index contributed by atoms with van der Waals surface area (Å²) in [5.74, 6) is -1.49. The van der Waals surface area contributed by atoms with Gasteiger partial charge in [0.05, 0.1) is 16.6 Å². The van der Waals surface area contributed by atoms with E-state index in [1.165, 1.54) is 25.4 Å². The van der Waals surface area contributed by atoms with Gasteiger partial charge in [0.1, 0.15) is 11.5 Å². The molecule has 12 heteroatoms. The minimum atomic E-state index is -4.80. The number of allylic oxidation sites excluding steroid dienone is 1. The topological polar surface area (TPSA) is 88.4 Å². The maximum absolute atomic E-state index is 13.3. The third-order valence-corrected chi connectivity index (χ3v) is 4.99. The second kappa shape index (κ2) is 8.72. The number of aliphatic imine (C=N–C) groups is 1. The number of amides is 2.